The molecule has 13 heteroatoms. The van der Waals surface area contributed by atoms with Gasteiger partial charge in [0.15, 0.2) is 5.75 Å². The number of halogens is 3. The van der Waals surface area contributed by atoms with Gasteiger partial charge in [-0.05, 0) is 53.1 Å². The number of ether oxygens (including phenoxy) is 2. The van der Waals surface area contributed by atoms with E-state index in [0.29, 0.717) is 27.7 Å². The van der Waals surface area contributed by atoms with E-state index in [2.05, 4.69) is 28.7 Å². The summed E-state index contributed by atoms with van der Waals surface area (Å²) in [6.07, 6.45) is -0.481. The van der Waals surface area contributed by atoms with Gasteiger partial charge in [0.25, 0.3) is 5.56 Å². The molecule has 0 aliphatic carbocycles. The van der Waals surface area contributed by atoms with Crippen molar-refractivity contribution >= 4 is 56.9 Å². The monoisotopic (exact) mass is 725 g/mol. The maximum Gasteiger partial charge on any atom is 0.410 e. The minimum absolute atomic E-state index is 0.0588. The summed E-state index contributed by atoms with van der Waals surface area (Å²) in [5.74, 6) is -0.911. The largest absolute Gasteiger partial charge is 0.507 e. The van der Waals surface area contributed by atoms with Gasteiger partial charge >= 0.3 is 6.09 Å². The maximum atomic E-state index is 15.1. The summed E-state index contributed by atoms with van der Waals surface area (Å²) in [6.45, 7) is 6.34. The summed E-state index contributed by atoms with van der Waals surface area (Å²) in [4.78, 5) is 32.0. The topological polar surface area (TPSA) is 111 Å². The molecular weight excluding hydrogens is 692 g/mol. The van der Waals surface area contributed by atoms with Crippen molar-refractivity contribution in [1.82, 2.24) is 14.4 Å². The van der Waals surface area contributed by atoms with Gasteiger partial charge in [-0.15, -0.1) is 0 Å². The molecule has 0 fully saturated rings. The van der Waals surface area contributed by atoms with E-state index in [9.17, 15) is 20.0 Å². The number of nitriles is 1. The summed E-state index contributed by atoms with van der Waals surface area (Å²) in [6, 6.07) is 7.11. The van der Waals surface area contributed by atoms with Crippen molar-refractivity contribution < 1.29 is 23.8 Å². The number of anilines is 1. The molecule has 0 radical (unpaired) electrons. The van der Waals surface area contributed by atoms with Gasteiger partial charge in [0.05, 0.1) is 37.9 Å². The molecule has 230 valence electrons. The normalized spacial score (nSPS) is 14.4. The van der Waals surface area contributed by atoms with Crippen LogP contribution in [0.15, 0.2) is 29.1 Å². The molecule has 2 aromatic carbocycles. The lowest BCUT2D eigenvalue weighted by molar-refractivity contribution is 0.0298. The predicted octanol–water partition coefficient (Wildman–Crippen LogP) is 5.60. The minimum Gasteiger partial charge on any atom is -0.507 e. The lowest BCUT2D eigenvalue weighted by Gasteiger charge is -2.34. The SMILES string of the molecule is CN(C)C[C@H]1COc2c(-c3c(O)cccc3F)c(Cl)cc3c(N(C)CCN(CI)C(=O)OC(C)(C)C)c(C#N)c(=O)n1c23. The van der Waals surface area contributed by atoms with Gasteiger partial charge < -0.3 is 24.4 Å². The highest BCUT2D eigenvalue weighted by Crippen LogP contribution is 2.49. The van der Waals surface area contributed by atoms with Crippen molar-refractivity contribution in [2.75, 3.05) is 56.8 Å². The van der Waals surface area contributed by atoms with Gasteiger partial charge in [0.1, 0.15) is 35.4 Å². The number of aromatic nitrogens is 1. The molecule has 0 saturated heterocycles. The van der Waals surface area contributed by atoms with E-state index < -0.39 is 29.1 Å². The Morgan fingerprint density at radius 3 is 2.56 bits per heavy atom. The van der Waals surface area contributed by atoms with Crippen LogP contribution in [0.2, 0.25) is 5.02 Å². The molecule has 1 atom stereocenters. The van der Waals surface area contributed by atoms with Crippen LogP contribution in [-0.2, 0) is 4.74 Å². The maximum absolute atomic E-state index is 15.1. The average molecular weight is 726 g/mol. The van der Waals surface area contributed by atoms with Crippen LogP contribution in [0.4, 0.5) is 14.9 Å². The van der Waals surface area contributed by atoms with Crippen molar-refractivity contribution in [3.63, 3.8) is 0 Å². The third-order valence-corrected chi connectivity index (χ3v) is 8.09. The lowest BCUT2D eigenvalue weighted by atomic mass is 9.96. The summed E-state index contributed by atoms with van der Waals surface area (Å²) in [5.41, 5.74) is -0.693. The Morgan fingerprint density at radius 1 is 1.28 bits per heavy atom. The third-order valence-electron chi connectivity index (χ3n) is 6.97. The van der Waals surface area contributed by atoms with E-state index in [1.54, 1.807) is 38.8 Å². The number of carbonyl (C=O) groups is 1. The molecule has 1 aliphatic heterocycles. The number of likely N-dealkylation sites (N-methyl/N-ethyl adjacent to an activating group) is 2. The van der Waals surface area contributed by atoms with E-state index in [-0.39, 0.29) is 52.9 Å². The Morgan fingerprint density at radius 2 is 1.98 bits per heavy atom. The van der Waals surface area contributed by atoms with Crippen LogP contribution < -0.4 is 15.2 Å². The Balaban J connectivity index is 1.95. The zero-order valence-corrected chi connectivity index (χ0v) is 27.8. The molecule has 1 N–H and O–H groups in total. The molecule has 1 amide bonds. The molecule has 1 aliphatic rings. The second-order valence-corrected chi connectivity index (χ2v) is 12.7. The van der Waals surface area contributed by atoms with E-state index >= 15 is 4.39 Å². The molecule has 3 aromatic rings. The predicted molar refractivity (Wildman–Crippen MR) is 173 cm³/mol. The van der Waals surface area contributed by atoms with Crippen molar-refractivity contribution in [3.8, 4) is 28.7 Å². The fraction of sp³-hybridized carbons (Fsp3) is 0.433. The van der Waals surface area contributed by atoms with Gasteiger partial charge in [-0.3, -0.25) is 14.3 Å². The van der Waals surface area contributed by atoms with E-state index in [0.717, 1.165) is 0 Å². The van der Waals surface area contributed by atoms with Gasteiger partial charge in [0.2, 0.25) is 0 Å². The van der Waals surface area contributed by atoms with Crippen molar-refractivity contribution in [3.05, 3.63) is 51.0 Å². The van der Waals surface area contributed by atoms with Gasteiger partial charge in [-0.1, -0.05) is 40.3 Å². The lowest BCUT2D eigenvalue weighted by Crippen LogP contribution is -2.42. The average Bonchev–Trinajstić information content (AvgIpc) is 2.90. The first-order valence-electron chi connectivity index (χ1n) is 13.5. The summed E-state index contributed by atoms with van der Waals surface area (Å²) < 4.78 is 28.8. The van der Waals surface area contributed by atoms with Crippen LogP contribution in [-0.4, -0.2) is 83.1 Å². The first-order chi connectivity index (χ1) is 20.2. The summed E-state index contributed by atoms with van der Waals surface area (Å²) in [5, 5.41) is 21.4. The third kappa shape index (κ3) is 6.49. The highest BCUT2D eigenvalue weighted by molar-refractivity contribution is 14.1. The number of amides is 1. The molecule has 10 nitrogen and oxygen atoms in total. The van der Waals surface area contributed by atoms with Crippen LogP contribution >= 0.6 is 34.2 Å². The van der Waals surface area contributed by atoms with Crippen molar-refractivity contribution in [1.29, 1.82) is 5.26 Å². The number of hydrogen-bond acceptors (Lipinski definition) is 8. The Labute approximate surface area is 268 Å². The van der Waals surface area contributed by atoms with Crippen LogP contribution in [0.5, 0.6) is 11.5 Å². The van der Waals surface area contributed by atoms with Crippen molar-refractivity contribution in [2.45, 2.75) is 32.4 Å². The number of alkyl halides is 1. The molecule has 0 bridgehead atoms. The number of aromatic hydroxyl groups is 1. The molecule has 2 heterocycles. The number of rotatable bonds is 8. The highest BCUT2D eigenvalue weighted by Gasteiger charge is 2.34. The van der Waals surface area contributed by atoms with E-state index in [1.807, 2.05) is 19.0 Å². The van der Waals surface area contributed by atoms with Gasteiger partial charge in [-0.2, -0.15) is 5.26 Å². The van der Waals surface area contributed by atoms with E-state index in [1.165, 1.54) is 27.7 Å². The molecule has 0 unspecified atom stereocenters. The number of pyridine rings is 1. The first-order valence-corrected chi connectivity index (χ1v) is 15.5. The Hall–Kier alpha value is -3.28. The Kier molecular flexibility index (Phi) is 9.68. The van der Waals surface area contributed by atoms with Crippen LogP contribution in [0.3, 0.4) is 0 Å². The van der Waals surface area contributed by atoms with Crippen molar-refractivity contribution in [2.24, 2.45) is 0 Å². The quantitative estimate of drug-likeness (QED) is 0.182. The van der Waals surface area contributed by atoms with Crippen LogP contribution in [0, 0.1) is 17.1 Å². The van der Waals surface area contributed by atoms with Crippen LogP contribution in [0.25, 0.3) is 22.0 Å². The molecule has 1 aromatic heterocycles. The highest BCUT2D eigenvalue weighted by atomic mass is 127. The smallest absolute Gasteiger partial charge is 0.410 e. The fourth-order valence-electron chi connectivity index (χ4n) is 5.19. The van der Waals surface area contributed by atoms with Crippen LogP contribution in [0.1, 0.15) is 32.4 Å². The number of phenolic OH excluding ortho intramolecular Hbond substituents is 1. The number of hydrogen-bond donors (Lipinski definition) is 1. The minimum atomic E-state index is -0.711. The number of carbonyl (C=O) groups excluding carboxylic acids is 1. The molecule has 0 saturated carbocycles. The van der Waals surface area contributed by atoms with Gasteiger partial charge in [0, 0.05) is 32.1 Å². The Bertz CT molecular complexity index is 1650. The second kappa shape index (κ2) is 12.8. The number of nitrogens with zero attached hydrogens (tertiary/aromatic N) is 5. The molecule has 4 rings (SSSR count). The van der Waals surface area contributed by atoms with E-state index in [4.69, 9.17) is 21.1 Å². The fourth-order valence-corrected chi connectivity index (χ4v) is 6.10. The van der Waals surface area contributed by atoms with Gasteiger partial charge in [-0.25, -0.2) is 9.18 Å². The summed E-state index contributed by atoms with van der Waals surface area (Å²) in [7, 11) is 5.44. The molecule has 0 spiro atoms. The second-order valence-electron chi connectivity index (χ2n) is 11.6. The standard InChI is InChI=1S/C30H34ClFIN5O5/c1-30(2,3)43-29(41)37(16-33)11-10-36(6)25-18-12-20(31)23(24-21(32)8-7-9-22(24)39)27-26(18)38(28(40)19(25)13-34)17(15-42-27)14-35(4)5/h7-9,12,17,39H,10-11,14-16H2,1-6H3/t17-/m0/s1. The number of benzene rings is 2. The zero-order valence-electron chi connectivity index (χ0n) is 24.9. The molecular formula is C30H34ClFIN5O5. The molecule has 43 heavy (non-hydrogen) atoms. The first kappa shape index (κ1) is 32.6. The summed E-state index contributed by atoms with van der Waals surface area (Å²) >= 11 is 8.88. The number of phenols is 1. The zero-order chi connectivity index (χ0) is 31.8.